The van der Waals surface area contributed by atoms with Crippen LogP contribution in [0.3, 0.4) is 0 Å². The average Bonchev–Trinajstić information content (AvgIpc) is 2.79. The summed E-state index contributed by atoms with van der Waals surface area (Å²) in [7, 11) is 0. The van der Waals surface area contributed by atoms with Crippen molar-refractivity contribution in [3.05, 3.63) is 29.8 Å². The van der Waals surface area contributed by atoms with Crippen LogP contribution in [0.4, 0.5) is 0 Å². The van der Waals surface area contributed by atoms with Gasteiger partial charge in [-0.2, -0.15) is 5.26 Å². The molecule has 2 aliphatic heterocycles. The van der Waals surface area contributed by atoms with Gasteiger partial charge in [0.15, 0.2) is 18.7 Å². The molecule has 0 aliphatic carbocycles. The molecule has 2 aliphatic rings. The van der Waals surface area contributed by atoms with E-state index < -0.39 is 74.1 Å². The first-order valence-electron chi connectivity index (χ1n) is 9.99. The number of aromatic hydroxyl groups is 1. The van der Waals surface area contributed by atoms with Crippen molar-refractivity contribution < 1.29 is 54.7 Å². The lowest BCUT2D eigenvalue weighted by Crippen LogP contribution is -2.64. The highest BCUT2D eigenvalue weighted by molar-refractivity contribution is 5.29. The molecule has 0 radical (unpaired) electrons. The van der Waals surface area contributed by atoms with Crippen LogP contribution in [0.2, 0.25) is 0 Å². The van der Waals surface area contributed by atoms with Gasteiger partial charge in [0, 0.05) is 0 Å². The molecule has 0 unspecified atom stereocenters. The molecule has 7 N–H and O–H groups in total. The highest BCUT2D eigenvalue weighted by Crippen LogP contribution is 2.32. The van der Waals surface area contributed by atoms with E-state index in [0.29, 0.717) is 5.56 Å². The fourth-order valence-electron chi connectivity index (χ4n) is 3.56. The van der Waals surface area contributed by atoms with Crippen molar-refractivity contribution in [3.8, 4) is 11.8 Å². The molecule has 2 saturated heterocycles. The summed E-state index contributed by atoms with van der Waals surface area (Å²) in [6, 6.07) is 7.45. The molecule has 1 aromatic carbocycles. The molecular formula is C20H27NO11. The first kappa shape index (κ1) is 24.7. The molecule has 12 nitrogen and oxygen atoms in total. The molecule has 0 bridgehead atoms. The average molecular weight is 457 g/mol. The quantitative estimate of drug-likeness (QED) is 0.239. The Morgan fingerprint density at radius 3 is 2.19 bits per heavy atom. The minimum Gasteiger partial charge on any atom is -0.508 e. The summed E-state index contributed by atoms with van der Waals surface area (Å²) in [5.74, 6) is -0.0299. The normalized spacial score (nSPS) is 41.1. The molecule has 2 heterocycles. The lowest BCUT2D eigenvalue weighted by molar-refractivity contribution is -0.367. The lowest BCUT2D eigenvalue weighted by Gasteiger charge is -2.46. The summed E-state index contributed by atoms with van der Waals surface area (Å²) in [6.07, 6.45) is -16.0. The monoisotopic (exact) mass is 457 g/mol. The molecule has 0 saturated carbocycles. The molecular weight excluding hydrogens is 430 g/mol. The largest absolute Gasteiger partial charge is 0.508 e. The van der Waals surface area contributed by atoms with Gasteiger partial charge in [-0.3, -0.25) is 0 Å². The van der Waals surface area contributed by atoms with Crippen molar-refractivity contribution in [3.63, 3.8) is 0 Å². The Hall–Kier alpha value is -1.89. The summed E-state index contributed by atoms with van der Waals surface area (Å²) >= 11 is 0. The predicted molar refractivity (Wildman–Crippen MR) is 103 cm³/mol. The van der Waals surface area contributed by atoms with Gasteiger partial charge in [-0.15, -0.1) is 0 Å². The first-order chi connectivity index (χ1) is 15.2. The fraction of sp³-hybridized carbons (Fsp3) is 0.650. The van der Waals surface area contributed by atoms with Crippen molar-refractivity contribution in [2.45, 2.75) is 74.4 Å². The number of aliphatic hydroxyl groups is 6. The summed E-state index contributed by atoms with van der Waals surface area (Å²) in [5.41, 5.74) is 0.343. The summed E-state index contributed by atoms with van der Waals surface area (Å²) < 4.78 is 22.1. The predicted octanol–water partition coefficient (Wildman–Crippen LogP) is -2.37. The number of rotatable bonds is 6. The van der Waals surface area contributed by atoms with E-state index in [1.807, 2.05) is 6.07 Å². The second-order valence-corrected chi connectivity index (χ2v) is 7.73. The zero-order valence-electron chi connectivity index (χ0n) is 17.1. The molecule has 0 amide bonds. The Morgan fingerprint density at radius 1 is 0.938 bits per heavy atom. The minimum absolute atomic E-state index is 0.0299. The maximum atomic E-state index is 10.6. The van der Waals surface area contributed by atoms with E-state index in [1.54, 1.807) is 0 Å². The Morgan fingerprint density at radius 2 is 1.59 bits per heavy atom. The molecule has 1 aromatic rings. The third kappa shape index (κ3) is 5.03. The Bertz CT molecular complexity index is 787. The van der Waals surface area contributed by atoms with Crippen molar-refractivity contribution in [1.29, 1.82) is 5.26 Å². The summed E-state index contributed by atoms with van der Waals surface area (Å²) in [4.78, 5) is 0. The Balaban J connectivity index is 1.83. The number of hydrogen-bond acceptors (Lipinski definition) is 12. The van der Waals surface area contributed by atoms with Crippen LogP contribution in [-0.4, -0.2) is 104 Å². The highest BCUT2D eigenvalue weighted by Gasteiger charge is 2.50. The minimum atomic E-state index is -1.70. The Kier molecular flexibility index (Phi) is 8.01. The number of hydrogen-bond donors (Lipinski definition) is 7. The van der Waals surface area contributed by atoms with E-state index in [-0.39, 0.29) is 5.75 Å². The van der Waals surface area contributed by atoms with Gasteiger partial charge in [-0.25, -0.2) is 0 Å². The van der Waals surface area contributed by atoms with Gasteiger partial charge < -0.3 is 54.7 Å². The Labute approximate surface area is 183 Å². The molecule has 0 aromatic heterocycles. The van der Waals surface area contributed by atoms with Crippen molar-refractivity contribution >= 4 is 0 Å². The maximum Gasteiger partial charge on any atom is 0.189 e. The van der Waals surface area contributed by atoms with E-state index >= 15 is 0 Å². The second kappa shape index (κ2) is 10.4. The number of phenols is 1. The number of nitrogens with zero attached hydrogens (tertiary/aromatic N) is 1. The molecule has 178 valence electrons. The van der Waals surface area contributed by atoms with Gasteiger partial charge in [0.05, 0.1) is 18.8 Å². The van der Waals surface area contributed by atoms with Crippen LogP contribution in [-0.2, 0) is 18.9 Å². The van der Waals surface area contributed by atoms with E-state index in [0.717, 1.165) is 0 Å². The zero-order valence-corrected chi connectivity index (χ0v) is 17.1. The van der Waals surface area contributed by atoms with Crippen molar-refractivity contribution in [2.75, 3.05) is 6.61 Å². The van der Waals surface area contributed by atoms with Gasteiger partial charge in [0.1, 0.15) is 48.5 Å². The van der Waals surface area contributed by atoms with Gasteiger partial charge in [0.2, 0.25) is 0 Å². The van der Waals surface area contributed by atoms with Crippen LogP contribution in [0.25, 0.3) is 0 Å². The fourth-order valence-corrected chi connectivity index (χ4v) is 3.56. The van der Waals surface area contributed by atoms with E-state index in [2.05, 4.69) is 0 Å². The number of aliphatic hydroxyl groups excluding tert-OH is 6. The molecule has 2 fully saturated rings. The SMILES string of the molecule is C[C@H]1O[C@@H](O[C@@H]2[C@H](O[C@@H](C#N)c3ccc(O)cc3)O[C@H](CO)[C@@H](O)[C@@H]2O)[C@H](O)[C@H](O)[C@H]1O. The van der Waals surface area contributed by atoms with Gasteiger partial charge in [0.25, 0.3) is 0 Å². The third-order valence-electron chi connectivity index (χ3n) is 5.51. The van der Waals surface area contributed by atoms with Crippen LogP contribution in [0.1, 0.15) is 18.6 Å². The van der Waals surface area contributed by atoms with Gasteiger partial charge in [-0.05, 0) is 24.6 Å². The van der Waals surface area contributed by atoms with Crippen LogP contribution >= 0.6 is 0 Å². The van der Waals surface area contributed by atoms with Gasteiger partial charge in [-0.1, -0.05) is 12.1 Å². The van der Waals surface area contributed by atoms with E-state index in [1.165, 1.54) is 31.2 Å². The number of ether oxygens (including phenoxy) is 4. The first-order valence-corrected chi connectivity index (χ1v) is 9.99. The summed E-state index contributed by atoms with van der Waals surface area (Å²) in [5, 5.41) is 79.4. The number of phenolic OH excluding ortho intramolecular Hbond substituents is 1. The topological polar surface area (TPSA) is 202 Å². The van der Waals surface area contributed by atoms with Crippen molar-refractivity contribution in [1.82, 2.24) is 0 Å². The van der Waals surface area contributed by atoms with Crippen LogP contribution in [0.15, 0.2) is 24.3 Å². The van der Waals surface area contributed by atoms with E-state index in [9.17, 15) is 41.0 Å². The van der Waals surface area contributed by atoms with E-state index in [4.69, 9.17) is 18.9 Å². The summed E-state index contributed by atoms with van der Waals surface area (Å²) in [6.45, 7) is 0.761. The number of nitriles is 1. The lowest BCUT2D eigenvalue weighted by atomic mass is 9.97. The second-order valence-electron chi connectivity index (χ2n) is 7.73. The van der Waals surface area contributed by atoms with Crippen LogP contribution in [0, 0.1) is 11.3 Å². The maximum absolute atomic E-state index is 10.6. The highest BCUT2D eigenvalue weighted by atomic mass is 16.8. The molecule has 0 spiro atoms. The van der Waals surface area contributed by atoms with Crippen LogP contribution in [0.5, 0.6) is 5.75 Å². The van der Waals surface area contributed by atoms with Crippen molar-refractivity contribution in [2.24, 2.45) is 0 Å². The molecule has 12 heteroatoms. The zero-order chi connectivity index (χ0) is 23.6. The number of benzene rings is 1. The van der Waals surface area contributed by atoms with Gasteiger partial charge >= 0.3 is 0 Å². The molecule has 11 atom stereocenters. The third-order valence-corrected chi connectivity index (χ3v) is 5.51. The smallest absolute Gasteiger partial charge is 0.189 e. The van der Waals surface area contributed by atoms with Crippen LogP contribution < -0.4 is 0 Å². The molecule has 32 heavy (non-hydrogen) atoms. The standard InChI is InChI=1S/C20H27NO11/c1-8-13(24)15(26)17(28)19(29-8)32-18-16(27)14(25)12(7-22)31-20(18)30-11(6-21)9-2-4-10(23)5-3-9/h2-5,8,11-20,22-28H,7H2,1H3/t8-,11+,12-,13+,14-,15-,16+,17-,18+,19+,20-/m1/s1. The molecule has 3 rings (SSSR count).